The number of hydrogen-bond acceptors (Lipinski definition) is 4. The van der Waals surface area contributed by atoms with Gasteiger partial charge in [0.05, 0.1) is 22.2 Å². The Morgan fingerprint density at radius 1 is 1.33 bits per heavy atom. The molecular formula is C15H12ClN3O2. The van der Waals surface area contributed by atoms with Crippen LogP contribution < -0.4 is 5.32 Å². The first-order valence-corrected chi connectivity index (χ1v) is 6.60. The van der Waals surface area contributed by atoms with Gasteiger partial charge in [0, 0.05) is 17.2 Å². The molecule has 6 heteroatoms. The van der Waals surface area contributed by atoms with Gasteiger partial charge in [-0.25, -0.2) is 0 Å². The van der Waals surface area contributed by atoms with E-state index in [0.29, 0.717) is 10.7 Å². The van der Waals surface area contributed by atoms with Crippen LogP contribution in [0.4, 0.5) is 11.4 Å². The Balaban J connectivity index is 2.30. The molecule has 21 heavy (non-hydrogen) atoms. The largest absolute Gasteiger partial charge is 0.377 e. The van der Waals surface area contributed by atoms with Gasteiger partial charge >= 0.3 is 0 Å². The van der Waals surface area contributed by atoms with Crippen LogP contribution >= 0.6 is 11.6 Å². The highest BCUT2D eigenvalue weighted by atomic mass is 35.5. The molecule has 0 aliphatic rings. The predicted octanol–water partition coefficient (Wildman–Crippen LogP) is 4.29. The number of nitro groups is 1. The monoisotopic (exact) mass is 301 g/mol. The quantitative estimate of drug-likeness (QED) is 0.674. The number of hydrogen-bond donors (Lipinski definition) is 1. The molecule has 0 spiro atoms. The fourth-order valence-electron chi connectivity index (χ4n) is 2.00. The first-order chi connectivity index (χ1) is 10.0. The van der Waals surface area contributed by atoms with Crippen LogP contribution in [0.2, 0.25) is 5.02 Å². The van der Waals surface area contributed by atoms with Crippen LogP contribution in [0.15, 0.2) is 42.5 Å². The van der Waals surface area contributed by atoms with Gasteiger partial charge in [0.15, 0.2) is 0 Å². The number of benzene rings is 2. The summed E-state index contributed by atoms with van der Waals surface area (Å²) < 4.78 is 0. The average Bonchev–Trinajstić information content (AvgIpc) is 2.47. The normalized spacial score (nSPS) is 11.5. The van der Waals surface area contributed by atoms with Crippen molar-refractivity contribution in [1.29, 1.82) is 5.26 Å². The molecule has 0 bridgehead atoms. The summed E-state index contributed by atoms with van der Waals surface area (Å²) >= 11 is 6.13. The first-order valence-electron chi connectivity index (χ1n) is 6.22. The molecular weight excluding hydrogens is 290 g/mol. The molecule has 0 saturated heterocycles. The van der Waals surface area contributed by atoms with Crippen molar-refractivity contribution in [2.24, 2.45) is 0 Å². The zero-order valence-electron chi connectivity index (χ0n) is 11.2. The van der Waals surface area contributed by atoms with Crippen LogP contribution in [0.5, 0.6) is 0 Å². The van der Waals surface area contributed by atoms with E-state index in [1.165, 1.54) is 18.2 Å². The highest BCUT2D eigenvalue weighted by molar-refractivity contribution is 6.31. The van der Waals surface area contributed by atoms with E-state index in [9.17, 15) is 10.1 Å². The highest BCUT2D eigenvalue weighted by Crippen LogP contribution is 2.28. The third-order valence-corrected chi connectivity index (χ3v) is 3.42. The van der Waals surface area contributed by atoms with E-state index in [1.54, 1.807) is 6.07 Å². The van der Waals surface area contributed by atoms with Gasteiger partial charge in [-0.15, -0.1) is 0 Å². The molecule has 0 amide bonds. The molecule has 0 aromatic heterocycles. The Hall–Kier alpha value is -2.58. The van der Waals surface area contributed by atoms with Crippen LogP contribution in [0.3, 0.4) is 0 Å². The number of nitriles is 1. The minimum atomic E-state index is -0.526. The molecule has 1 atom stereocenters. The van der Waals surface area contributed by atoms with Crippen molar-refractivity contribution < 1.29 is 4.92 Å². The second kappa shape index (κ2) is 6.25. The summed E-state index contributed by atoms with van der Waals surface area (Å²) in [7, 11) is 0. The van der Waals surface area contributed by atoms with Crippen LogP contribution in [0.1, 0.15) is 24.1 Å². The van der Waals surface area contributed by atoms with E-state index in [-0.39, 0.29) is 17.3 Å². The minimum Gasteiger partial charge on any atom is -0.377 e. The van der Waals surface area contributed by atoms with Crippen molar-refractivity contribution in [2.45, 2.75) is 13.0 Å². The lowest BCUT2D eigenvalue weighted by atomic mass is 10.1. The van der Waals surface area contributed by atoms with Gasteiger partial charge in [0.1, 0.15) is 6.07 Å². The molecule has 2 aromatic carbocycles. The third-order valence-electron chi connectivity index (χ3n) is 3.08. The summed E-state index contributed by atoms with van der Waals surface area (Å²) in [6, 6.07) is 13.4. The van der Waals surface area contributed by atoms with Gasteiger partial charge in [0.2, 0.25) is 0 Å². The lowest BCUT2D eigenvalue weighted by molar-refractivity contribution is -0.384. The van der Waals surface area contributed by atoms with Crippen LogP contribution in [0, 0.1) is 21.4 Å². The van der Waals surface area contributed by atoms with Crippen molar-refractivity contribution in [3.8, 4) is 6.07 Å². The van der Waals surface area contributed by atoms with Crippen molar-refractivity contribution in [3.05, 3.63) is 68.7 Å². The van der Waals surface area contributed by atoms with E-state index in [0.717, 1.165) is 5.56 Å². The summed E-state index contributed by atoms with van der Waals surface area (Å²) in [6.07, 6.45) is 0. The molecule has 0 heterocycles. The molecule has 1 N–H and O–H groups in total. The number of nitrogens with zero attached hydrogens (tertiary/aromatic N) is 2. The number of rotatable bonds is 4. The van der Waals surface area contributed by atoms with Gasteiger partial charge < -0.3 is 5.32 Å². The molecule has 0 saturated carbocycles. The summed E-state index contributed by atoms with van der Waals surface area (Å²) in [5.41, 5.74) is 1.54. The van der Waals surface area contributed by atoms with E-state index < -0.39 is 4.92 Å². The van der Waals surface area contributed by atoms with Gasteiger partial charge in [-0.3, -0.25) is 10.1 Å². The Morgan fingerprint density at radius 2 is 2.05 bits per heavy atom. The van der Waals surface area contributed by atoms with Crippen molar-refractivity contribution in [2.75, 3.05) is 5.32 Å². The molecule has 5 nitrogen and oxygen atoms in total. The predicted molar refractivity (Wildman–Crippen MR) is 81.3 cm³/mol. The van der Waals surface area contributed by atoms with Gasteiger partial charge in [0.25, 0.3) is 5.69 Å². The van der Waals surface area contributed by atoms with Crippen molar-refractivity contribution in [1.82, 2.24) is 0 Å². The SMILES string of the molecule is C[C@@H](Nc1ccc([N+](=O)[O-])cc1C#N)c1ccccc1Cl. The Labute approximate surface area is 126 Å². The van der Waals surface area contributed by atoms with Gasteiger partial charge in [-0.05, 0) is 24.6 Å². The van der Waals surface area contributed by atoms with Gasteiger partial charge in [-0.1, -0.05) is 29.8 Å². The van der Waals surface area contributed by atoms with E-state index in [1.807, 2.05) is 31.2 Å². The van der Waals surface area contributed by atoms with Crippen LogP contribution in [-0.2, 0) is 0 Å². The molecule has 106 valence electrons. The van der Waals surface area contributed by atoms with Crippen LogP contribution in [0.25, 0.3) is 0 Å². The number of non-ortho nitro benzene ring substituents is 1. The van der Waals surface area contributed by atoms with E-state index in [2.05, 4.69) is 5.32 Å². The first kappa shape index (κ1) is 14.8. The molecule has 0 fully saturated rings. The summed E-state index contributed by atoms with van der Waals surface area (Å²) in [4.78, 5) is 10.2. The molecule has 0 aliphatic carbocycles. The molecule has 2 rings (SSSR count). The summed E-state index contributed by atoms with van der Waals surface area (Å²) in [6.45, 7) is 1.91. The van der Waals surface area contributed by atoms with Crippen molar-refractivity contribution in [3.63, 3.8) is 0 Å². The molecule has 0 radical (unpaired) electrons. The Bertz CT molecular complexity index is 725. The Kier molecular flexibility index (Phi) is 4.41. The lowest BCUT2D eigenvalue weighted by Crippen LogP contribution is -2.08. The Morgan fingerprint density at radius 3 is 2.67 bits per heavy atom. The zero-order valence-corrected chi connectivity index (χ0v) is 12.0. The van der Waals surface area contributed by atoms with E-state index >= 15 is 0 Å². The smallest absolute Gasteiger partial charge is 0.270 e. The zero-order chi connectivity index (χ0) is 15.4. The molecule has 0 unspecified atom stereocenters. The van der Waals surface area contributed by atoms with Gasteiger partial charge in [-0.2, -0.15) is 5.26 Å². The third kappa shape index (κ3) is 3.30. The number of anilines is 1. The number of nitrogens with one attached hydrogen (secondary N) is 1. The fourth-order valence-corrected chi connectivity index (χ4v) is 2.30. The summed E-state index contributed by atoms with van der Waals surface area (Å²) in [5, 5.41) is 23.6. The second-order valence-electron chi connectivity index (χ2n) is 4.49. The second-order valence-corrected chi connectivity index (χ2v) is 4.89. The minimum absolute atomic E-state index is 0.109. The maximum Gasteiger partial charge on any atom is 0.270 e. The number of nitro benzene ring substituents is 1. The maximum absolute atomic E-state index is 10.7. The van der Waals surface area contributed by atoms with E-state index in [4.69, 9.17) is 16.9 Å². The molecule has 2 aromatic rings. The summed E-state index contributed by atoms with van der Waals surface area (Å²) in [5.74, 6) is 0. The maximum atomic E-state index is 10.7. The van der Waals surface area contributed by atoms with Crippen LogP contribution in [-0.4, -0.2) is 4.92 Å². The lowest BCUT2D eigenvalue weighted by Gasteiger charge is -2.17. The van der Waals surface area contributed by atoms with Crippen molar-refractivity contribution >= 4 is 23.0 Å². The fraction of sp³-hybridized carbons (Fsp3) is 0.133. The topological polar surface area (TPSA) is 79.0 Å². The average molecular weight is 302 g/mol. The molecule has 0 aliphatic heterocycles. The standard InChI is InChI=1S/C15H12ClN3O2/c1-10(13-4-2-3-5-14(13)16)18-15-7-6-12(19(20)21)8-11(15)9-17/h2-8,10,18H,1H3/t10-/m1/s1. The highest BCUT2D eigenvalue weighted by Gasteiger charge is 2.14. The number of halogens is 1.